The van der Waals surface area contributed by atoms with E-state index < -0.39 is 4.92 Å². The van der Waals surface area contributed by atoms with E-state index in [9.17, 15) is 14.9 Å². The molecule has 28 heavy (non-hydrogen) atoms. The monoisotopic (exact) mass is 385 g/mol. The van der Waals surface area contributed by atoms with Gasteiger partial charge < -0.3 is 19.4 Å². The Morgan fingerprint density at radius 1 is 1.21 bits per heavy atom. The second-order valence-electron chi connectivity index (χ2n) is 7.50. The molecule has 8 nitrogen and oxygen atoms in total. The minimum absolute atomic E-state index is 0.00616. The number of hydrogen-bond acceptors (Lipinski definition) is 6. The number of fused-ring (bicyclic) bond motifs is 2. The van der Waals surface area contributed by atoms with Gasteiger partial charge in [-0.05, 0) is 57.0 Å². The van der Waals surface area contributed by atoms with E-state index in [1.807, 2.05) is 0 Å². The molecule has 148 valence electrons. The van der Waals surface area contributed by atoms with Crippen molar-refractivity contribution >= 4 is 11.6 Å². The number of amides is 1. The normalized spacial score (nSPS) is 24.1. The van der Waals surface area contributed by atoms with Gasteiger partial charge in [0.1, 0.15) is 18.1 Å². The summed E-state index contributed by atoms with van der Waals surface area (Å²) in [4.78, 5) is 25.1. The first-order valence-corrected chi connectivity index (χ1v) is 9.48. The van der Waals surface area contributed by atoms with Crippen LogP contribution in [0.2, 0.25) is 0 Å². The van der Waals surface area contributed by atoms with Gasteiger partial charge in [0.15, 0.2) is 5.76 Å². The lowest BCUT2D eigenvalue weighted by Crippen LogP contribution is -2.48. The second kappa shape index (κ2) is 7.63. The van der Waals surface area contributed by atoms with Crippen LogP contribution in [0.1, 0.15) is 42.0 Å². The number of carbonyl (C=O) groups excluding carboxylic acids is 1. The number of non-ortho nitro benzene ring substituents is 1. The Morgan fingerprint density at radius 2 is 1.89 bits per heavy atom. The number of furan rings is 1. The number of benzene rings is 1. The van der Waals surface area contributed by atoms with Crippen molar-refractivity contribution in [2.45, 2.75) is 50.4 Å². The molecule has 2 fully saturated rings. The maximum absolute atomic E-state index is 12.5. The fraction of sp³-hybridized carbons (Fsp3) is 0.450. The van der Waals surface area contributed by atoms with E-state index in [4.69, 9.17) is 9.15 Å². The van der Waals surface area contributed by atoms with Gasteiger partial charge in [-0.15, -0.1) is 0 Å². The Morgan fingerprint density at radius 3 is 2.54 bits per heavy atom. The highest BCUT2D eigenvalue weighted by molar-refractivity contribution is 5.91. The van der Waals surface area contributed by atoms with Crippen LogP contribution in [0.15, 0.2) is 40.8 Å². The Bertz CT molecular complexity index is 849. The van der Waals surface area contributed by atoms with Crippen molar-refractivity contribution in [1.82, 2.24) is 10.2 Å². The van der Waals surface area contributed by atoms with Gasteiger partial charge in [0.25, 0.3) is 11.6 Å². The smallest absolute Gasteiger partial charge is 0.287 e. The van der Waals surface area contributed by atoms with Crippen LogP contribution in [-0.2, 0) is 6.61 Å². The first-order chi connectivity index (χ1) is 13.5. The lowest BCUT2D eigenvalue weighted by atomic mass is 9.98. The standard InChI is InChI=1S/C20H23N3O5/c1-22-15-2-3-16(22)11-13(10-15)21-20(24)19-9-8-18(28-19)12-27-17-6-4-14(5-7-17)23(25)26/h4-9,13,15-16H,2-3,10-12H2,1H3,(H,21,24). The fourth-order valence-electron chi connectivity index (χ4n) is 4.18. The third-order valence-corrected chi connectivity index (χ3v) is 5.75. The highest BCUT2D eigenvalue weighted by Crippen LogP contribution is 2.34. The Labute approximate surface area is 162 Å². The molecule has 1 aromatic heterocycles. The summed E-state index contributed by atoms with van der Waals surface area (Å²) in [5.41, 5.74) is 0.00616. The molecular formula is C20H23N3O5. The van der Waals surface area contributed by atoms with Crippen molar-refractivity contribution in [3.8, 4) is 5.75 Å². The lowest BCUT2D eigenvalue weighted by Gasteiger charge is -2.36. The number of nitrogens with zero attached hydrogens (tertiary/aromatic N) is 2. The molecule has 2 bridgehead atoms. The average Bonchev–Trinajstić information content (AvgIpc) is 3.22. The molecular weight excluding hydrogens is 362 g/mol. The van der Waals surface area contributed by atoms with E-state index >= 15 is 0 Å². The topological polar surface area (TPSA) is 97.9 Å². The summed E-state index contributed by atoms with van der Waals surface area (Å²) >= 11 is 0. The number of nitro groups is 1. The van der Waals surface area contributed by atoms with Gasteiger partial charge in [0.05, 0.1) is 4.92 Å². The number of ether oxygens (including phenoxy) is 1. The van der Waals surface area contributed by atoms with E-state index in [1.165, 1.54) is 37.1 Å². The summed E-state index contributed by atoms with van der Waals surface area (Å²) in [6.07, 6.45) is 4.38. The lowest BCUT2D eigenvalue weighted by molar-refractivity contribution is -0.384. The summed E-state index contributed by atoms with van der Waals surface area (Å²) in [6, 6.07) is 10.5. The molecule has 1 aromatic carbocycles. The number of nitrogens with one attached hydrogen (secondary N) is 1. The number of piperidine rings is 1. The molecule has 4 rings (SSSR count). The molecule has 1 amide bonds. The molecule has 2 aliphatic heterocycles. The van der Waals surface area contributed by atoms with Crippen LogP contribution < -0.4 is 10.1 Å². The molecule has 2 unspecified atom stereocenters. The molecule has 2 aromatic rings. The van der Waals surface area contributed by atoms with E-state index in [0.717, 1.165) is 12.8 Å². The first kappa shape index (κ1) is 18.5. The van der Waals surface area contributed by atoms with Gasteiger partial charge in [0.2, 0.25) is 0 Å². The molecule has 8 heteroatoms. The largest absolute Gasteiger partial charge is 0.486 e. The zero-order valence-corrected chi connectivity index (χ0v) is 15.7. The second-order valence-corrected chi connectivity index (χ2v) is 7.50. The van der Waals surface area contributed by atoms with Crippen molar-refractivity contribution in [3.05, 3.63) is 58.0 Å². The fourth-order valence-corrected chi connectivity index (χ4v) is 4.18. The van der Waals surface area contributed by atoms with E-state index in [2.05, 4.69) is 17.3 Å². The Balaban J connectivity index is 1.30. The van der Waals surface area contributed by atoms with Gasteiger partial charge in [-0.1, -0.05) is 0 Å². The molecule has 2 atom stereocenters. The number of hydrogen-bond donors (Lipinski definition) is 1. The first-order valence-electron chi connectivity index (χ1n) is 9.48. The van der Waals surface area contributed by atoms with Crippen molar-refractivity contribution in [3.63, 3.8) is 0 Å². The van der Waals surface area contributed by atoms with Gasteiger partial charge in [0, 0.05) is 30.3 Å². The molecule has 1 N–H and O–H groups in total. The molecule has 0 saturated carbocycles. The van der Waals surface area contributed by atoms with E-state index in [1.54, 1.807) is 12.1 Å². The van der Waals surface area contributed by atoms with Crippen molar-refractivity contribution in [2.24, 2.45) is 0 Å². The maximum atomic E-state index is 12.5. The van der Waals surface area contributed by atoms with Crippen LogP contribution in [-0.4, -0.2) is 40.9 Å². The van der Waals surface area contributed by atoms with Crippen molar-refractivity contribution < 1.29 is 18.9 Å². The quantitative estimate of drug-likeness (QED) is 0.606. The van der Waals surface area contributed by atoms with Crippen LogP contribution in [0.3, 0.4) is 0 Å². The van der Waals surface area contributed by atoms with Crippen molar-refractivity contribution in [2.75, 3.05) is 7.05 Å². The highest BCUT2D eigenvalue weighted by atomic mass is 16.6. The zero-order chi connectivity index (χ0) is 19.7. The van der Waals surface area contributed by atoms with Crippen LogP contribution >= 0.6 is 0 Å². The summed E-state index contributed by atoms with van der Waals surface area (Å²) in [6.45, 7) is 0.142. The minimum Gasteiger partial charge on any atom is -0.486 e. The molecule has 0 radical (unpaired) electrons. The van der Waals surface area contributed by atoms with E-state index in [-0.39, 0.29) is 30.0 Å². The third kappa shape index (κ3) is 3.87. The van der Waals surface area contributed by atoms with Gasteiger partial charge in [-0.2, -0.15) is 0 Å². The predicted molar refractivity (Wildman–Crippen MR) is 101 cm³/mol. The van der Waals surface area contributed by atoms with Crippen LogP contribution in [0, 0.1) is 10.1 Å². The zero-order valence-electron chi connectivity index (χ0n) is 15.7. The van der Waals surface area contributed by atoms with Crippen LogP contribution in [0.4, 0.5) is 5.69 Å². The van der Waals surface area contributed by atoms with Crippen LogP contribution in [0.5, 0.6) is 5.75 Å². The Hall–Kier alpha value is -2.87. The maximum Gasteiger partial charge on any atom is 0.287 e. The Kier molecular flexibility index (Phi) is 5.04. The average molecular weight is 385 g/mol. The third-order valence-electron chi connectivity index (χ3n) is 5.75. The summed E-state index contributed by atoms with van der Waals surface area (Å²) in [5.74, 6) is 1.09. The molecule has 0 aliphatic carbocycles. The summed E-state index contributed by atoms with van der Waals surface area (Å²) in [5, 5.41) is 13.8. The number of carbonyl (C=O) groups is 1. The number of nitro benzene ring substituents is 1. The minimum atomic E-state index is -0.461. The summed E-state index contributed by atoms with van der Waals surface area (Å²) in [7, 11) is 2.17. The molecule has 3 heterocycles. The van der Waals surface area contributed by atoms with Gasteiger partial charge in [-0.25, -0.2) is 0 Å². The highest BCUT2D eigenvalue weighted by Gasteiger charge is 2.39. The SMILES string of the molecule is CN1C2CCC1CC(NC(=O)c1ccc(COc3ccc([N+](=O)[O-])cc3)o1)C2. The molecule has 2 aliphatic rings. The van der Waals surface area contributed by atoms with E-state index in [0.29, 0.717) is 23.6 Å². The molecule has 0 spiro atoms. The van der Waals surface area contributed by atoms with Gasteiger partial charge >= 0.3 is 0 Å². The molecule has 2 saturated heterocycles. The number of rotatable bonds is 6. The van der Waals surface area contributed by atoms with Crippen molar-refractivity contribution in [1.29, 1.82) is 0 Å². The van der Waals surface area contributed by atoms with Gasteiger partial charge in [-0.3, -0.25) is 14.9 Å². The van der Waals surface area contributed by atoms with Crippen LogP contribution in [0.25, 0.3) is 0 Å². The predicted octanol–water partition coefficient (Wildman–Crippen LogP) is 3.12. The summed E-state index contributed by atoms with van der Waals surface area (Å²) < 4.78 is 11.2.